The van der Waals surface area contributed by atoms with Gasteiger partial charge in [-0.3, -0.25) is 0 Å². The summed E-state index contributed by atoms with van der Waals surface area (Å²) in [7, 11) is -3.61. The minimum atomic E-state index is -3.61. The topological polar surface area (TPSA) is 55.4 Å². The Balaban J connectivity index is 1.88. The third-order valence-corrected chi connectivity index (χ3v) is 8.01. The molecule has 0 amide bonds. The van der Waals surface area contributed by atoms with Gasteiger partial charge in [-0.25, -0.2) is 13.1 Å². The molecule has 3 aromatic rings. The number of benzene rings is 3. The van der Waals surface area contributed by atoms with Gasteiger partial charge in [0, 0.05) is 6.54 Å². The zero-order chi connectivity index (χ0) is 21.6. The molecule has 1 N–H and O–H groups in total. The molecular weight excluding hydrogens is 509 g/mol. The van der Waals surface area contributed by atoms with Gasteiger partial charge in [-0.2, -0.15) is 0 Å². The molecule has 0 spiro atoms. The molecule has 30 heavy (non-hydrogen) atoms. The molecule has 0 saturated heterocycles. The lowest BCUT2D eigenvalue weighted by molar-refractivity contribution is 0.0647. The van der Waals surface area contributed by atoms with E-state index in [4.69, 9.17) is 4.74 Å². The smallest absolute Gasteiger partial charge is 0.240 e. The maximum absolute atomic E-state index is 12.8. The average Bonchev–Trinajstić information content (AvgIpc) is 2.77. The largest absolute Gasteiger partial charge is 0.481 e. The van der Waals surface area contributed by atoms with Crippen molar-refractivity contribution >= 4 is 32.6 Å². The quantitative estimate of drug-likeness (QED) is 0.293. The van der Waals surface area contributed by atoms with Gasteiger partial charge in [0.15, 0.2) is 0 Å². The Bertz CT molecular complexity index is 1040. The third kappa shape index (κ3) is 5.22. The fourth-order valence-electron chi connectivity index (χ4n) is 3.37. The van der Waals surface area contributed by atoms with Crippen molar-refractivity contribution in [2.45, 2.75) is 34.7 Å². The van der Waals surface area contributed by atoms with Crippen LogP contribution < -0.4 is 9.46 Å². The van der Waals surface area contributed by atoms with Crippen LogP contribution in [-0.4, -0.2) is 18.9 Å². The number of rotatable bonds is 9. The van der Waals surface area contributed by atoms with Crippen LogP contribution in [-0.2, 0) is 15.6 Å². The maximum Gasteiger partial charge on any atom is 0.240 e. The van der Waals surface area contributed by atoms with E-state index < -0.39 is 15.6 Å². The molecule has 2 atom stereocenters. The van der Waals surface area contributed by atoms with Crippen molar-refractivity contribution in [1.29, 1.82) is 0 Å². The van der Waals surface area contributed by atoms with Gasteiger partial charge >= 0.3 is 0 Å². The molecule has 0 aliphatic carbocycles. The summed E-state index contributed by atoms with van der Waals surface area (Å²) in [5.41, 5.74) is 1.36. The predicted molar refractivity (Wildman–Crippen MR) is 130 cm³/mol. The zero-order valence-electron chi connectivity index (χ0n) is 17.1. The fourth-order valence-corrected chi connectivity index (χ4v) is 5.86. The van der Waals surface area contributed by atoms with Crippen molar-refractivity contribution < 1.29 is 13.2 Å². The predicted octanol–water partition coefficient (Wildman–Crippen LogP) is 5.46. The van der Waals surface area contributed by atoms with E-state index in [9.17, 15) is 8.42 Å². The Kier molecular flexibility index (Phi) is 7.55. The van der Waals surface area contributed by atoms with Crippen molar-refractivity contribution in [3.8, 4) is 5.75 Å². The zero-order valence-corrected chi connectivity index (χ0v) is 20.1. The molecule has 0 unspecified atom stereocenters. The van der Waals surface area contributed by atoms with E-state index in [1.165, 1.54) is 0 Å². The number of halogens is 1. The van der Waals surface area contributed by atoms with Gasteiger partial charge in [0.2, 0.25) is 10.0 Å². The Labute approximate surface area is 192 Å². The molecule has 0 bridgehead atoms. The highest BCUT2D eigenvalue weighted by molar-refractivity contribution is 14.1. The summed E-state index contributed by atoms with van der Waals surface area (Å²) >= 11 is 2.30. The van der Waals surface area contributed by atoms with E-state index in [2.05, 4.69) is 34.2 Å². The van der Waals surface area contributed by atoms with Crippen LogP contribution in [0.3, 0.4) is 0 Å². The molecule has 3 rings (SSSR count). The first-order valence-electron chi connectivity index (χ1n) is 9.87. The first kappa shape index (κ1) is 22.8. The summed E-state index contributed by atoms with van der Waals surface area (Å²) in [6.07, 6.45) is 0.686. The lowest BCUT2D eigenvalue weighted by Crippen LogP contribution is -2.47. The highest BCUT2D eigenvalue weighted by Crippen LogP contribution is 2.38. The number of hydrogen-bond donors (Lipinski definition) is 1. The molecule has 4 nitrogen and oxygen atoms in total. The van der Waals surface area contributed by atoms with Crippen LogP contribution in [0.2, 0.25) is 0 Å². The molecule has 3 aromatic carbocycles. The Hall–Kier alpha value is -1.90. The average molecular weight is 535 g/mol. The first-order chi connectivity index (χ1) is 14.4. The molecule has 0 heterocycles. The number of sulfonamides is 1. The SMILES string of the molecule is CC[C@@](Oc1ccccc1)(c1ccccc1)[C@@H](I)CNS(=O)(=O)c1ccc(C)cc1. The summed E-state index contributed by atoms with van der Waals surface area (Å²) in [4.78, 5) is 0.266. The molecule has 0 fully saturated rings. The van der Waals surface area contributed by atoms with Crippen LogP contribution in [0.1, 0.15) is 24.5 Å². The number of alkyl halides is 1. The van der Waals surface area contributed by atoms with Crippen LogP contribution >= 0.6 is 22.6 Å². The lowest BCUT2D eigenvalue weighted by atomic mass is 9.87. The molecule has 0 aliphatic heterocycles. The molecule has 0 radical (unpaired) electrons. The van der Waals surface area contributed by atoms with Crippen molar-refractivity contribution in [3.05, 3.63) is 96.1 Å². The summed E-state index contributed by atoms with van der Waals surface area (Å²) in [6, 6.07) is 26.5. The number of para-hydroxylation sites is 1. The van der Waals surface area contributed by atoms with Gasteiger partial charge in [-0.1, -0.05) is 95.7 Å². The summed E-state index contributed by atoms with van der Waals surface area (Å²) < 4.78 is 34.8. The first-order valence-corrected chi connectivity index (χ1v) is 12.6. The van der Waals surface area contributed by atoms with Crippen molar-refractivity contribution in [3.63, 3.8) is 0 Å². The van der Waals surface area contributed by atoms with Crippen molar-refractivity contribution in [2.75, 3.05) is 6.54 Å². The maximum atomic E-state index is 12.8. The van der Waals surface area contributed by atoms with Gasteiger partial charge in [0.1, 0.15) is 11.4 Å². The van der Waals surface area contributed by atoms with Gasteiger partial charge < -0.3 is 4.74 Å². The highest BCUT2D eigenvalue weighted by Gasteiger charge is 2.40. The van der Waals surface area contributed by atoms with Gasteiger partial charge in [-0.05, 0) is 43.2 Å². The molecule has 0 aromatic heterocycles. The summed E-state index contributed by atoms with van der Waals surface area (Å²) in [5, 5.41) is 0. The fraction of sp³-hybridized carbons (Fsp3) is 0.250. The minimum absolute atomic E-state index is 0.150. The van der Waals surface area contributed by atoms with E-state index >= 15 is 0 Å². The molecule has 0 aliphatic rings. The minimum Gasteiger partial charge on any atom is -0.481 e. The standard InChI is InChI=1S/C24H26INO3S/c1-3-24(20-10-6-4-7-11-20,29-21-12-8-5-9-13-21)23(25)18-26-30(27,28)22-16-14-19(2)15-17-22/h4-17,23,26H,3,18H2,1-2H3/t23-,24+/m0/s1. The summed E-state index contributed by atoms with van der Waals surface area (Å²) in [6.45, 7) is 4.24. The van der Waals surface area contributed by atoms with Crippen LogP contribution in [0, 0.1) is 6.92 Å². The van der Waals surface area contributed by atoms with Crippen LogP contribution in [0.25, 0.3) is 0 Å². The van der Waals surface area contributed by atoms with Crippen LogP contribution in [0.5, 0.6) is 5.75 Å². The van der Waals surface area contributed by atoms with E-state index in [1.54, 1.807) is 24.3 Å². The van der Waals surface area contributed by atoms with Crippen LogP contribution in [0.15, 0.2) is 89.8 Å². The second-order valence-electron chi connectivity index (χ2n) is 7.16. The number of nitrogens with one attached hydrogen (secondary N) is 1. The molecule has 6 heteroatoms. The summed E-state index contributed by atoms with van der Waals surface area (Å²) in [5.74, 6) is 0.756. The van der Waals surface area contributed by atoms with E-state index in [0.29, 0.717) is 6.42 Å². The van der Waals surface area contributed by atoms with E-state index in [0.717, 1.165) is 16.9 Å². The molecule has 158 valence electrons. The normalized spacial score (nSPS) is 14.6. The number of aryl methyl sites for hydroxylation is 1. The highest BCUT2D eigenvalue weighted by atomic mass is 127. The molecular formula is C24H26INO3S. The number of ether oxygens (including phenoxy) is 1. The van der Waals surface area contributed by atoms with Gasteiger partial charge in [-0.15, -0.1) is 0 Å². The van der Waals surface area contributed by atoms with Crippen molar-refractivity contribution in [1.82, 2.24) is 4.72 Å². The lowest BCUT2D eigenvalue weighted by Gasteiger charge is -2.38. The Morgan fingerprint density at radius 2 is 1.50 bits per heavy atom. The van der Waals surface area contributed by atoms with E-state index in [1.807, 2.05) is 67.6 Å². The van der Waals surface area contributed by atoms with Crippen LogP contribution in [0.4, 0.5) is 0 Å². The Morgan fingerprint density at radius 3 is 2.07 bits per heavy atom. The van der Waals surface area contributed by atoms with Gasteiger partial charge in [0.05, 0.1) is 8.82 Å². The second kappa shape index (κ2) is 9.94. The number of hydrogen-bond acceptors (Lipinski definition) is 3. The van der Waals surface area contributed by atoms with Crippen molar-refractivity contribution in [2.24, 2.45) is 0 Å². The second-order valence-corrected chi connectivity index (χ2v) is 10.4. The monoisotopic (exact) mass is 535 g/mol. The van der Waals surface area contributed by atoms with E-state index in [-0.39, 0.29) is 15.4 Å². The Morgan fingerprint density at radius 1 is 0.933 bits per heavy atom. The third-order valence-electron chi connectivity index (χ3n) is 5.12. The van der Waals surface area contributed by atoms with Gasteiger partial charge in [0.25, 0.3) is 0 Å². The molecule has 0 saturated carbocycles.